The molecule has 0 atom stereocenters. The number of piperazine rings is 1. The third kappa shape index (κ3) is 5.33. The second-order valence-electron chi connectivity index (χ2n) is 7.38. The molecule has 4 rings (SSSR count). The van der Waals surface area contributed by atoms with Gasteiger partial charge in [-0.2, -0.15) is 0 Å². The van der Waals surface area contributed by atoms with Crippen LogP contribution in [-0.4, -0.2) is 54.7 Å². The van der Waals surface area contributed by atoms with E-state index >= 15 is 0 Å². The average molecular weight is 377 g/mol. The summed E-state index contributed by atoms with van der Waals surface area (Å²) in [5.74, 6) is 0.965. The third-order valence-electron chi connectivity index (χ3n) is 5.09. The predicted molar refractivity (Wildman–Crippen MR) is 114 cm³/mol. The summed E-state index contributed by atoms with van der Waals surface area (Å²) in [6.45, 7) is 4.92. The van der Waals surface area contributed by atoms with Crippen molar-refractivity contribution in [3.8, 4) is 0 Å². The van der Waals surface area contributed by atoms with Crippen molar-refractivity contribution < 1.29 is 4.79 Å². The van der Waals surface area contributed by atoms with Crippen LogP contribution < -0.4 is 15.5 Å². The standard InChI is InChI=1S/C22H27N5O/c28-22(24-19-8-9-19)25-20-10-11-21(23-17-20)27-15-13-26(14-16-27)12-4-7-18-5-2-1-3-6-18/h1-7,10-11,17,19H,8-9,12-16H2,(H2,24,25,28)/b7-4+. The number of hydrogen-bond acceptors (Lipinski definition) is 4. The zero-order valence-electron chi connectivity index (χ0n) is 16.1. The van der Waals surface area contributed by atoms with E-state index in [2.05, 4.69) is 61.8 Å². The summed E-state index contributed by atoms with van der Waals surface area (Å²) < 4.78 is 0. The largest absolute Gasteiger partial charge is 0.354 e. The third-order valence-corrected chi connectivity index (χ3v) is 5.09. The number of nitrogens with one attached hydrogen (secondary N) is 2. The van der Waals surface area contributed by atoms with Gasteiger partial charge in [-0.1, -0.05) is 42.5 Å². The number of nitrogens with zero attached hydrogens (tertiary/aromatic N) is 3. The van der Waals surface area contributed by atoms with Crippen LogP contribution in [0.25, 0.3) is 6.08 Å². The number of rotatable bonds is 6. The summed E-state index contributed by atoms with van der Waals surface area (Å²) in [5, 5.41) is 5.75. The van der Waals surface area contributed by atoms with Crippen LogP contribution in [0.15, 0.2) is 54.7 Å². The molecule has 2 aliphatic rings. The lowest BCUT2D eigenvalue weighted by Gasteiger charge is -2.34. The fourth-order valence-electron chi connectivity index (χ4n) is 3.29. The first-order valence-corrected chi connectivity index (χ1v) is 9.99. The maximum Gasteiger partial charge on any atom is 0.319 e. The number of urea groups is 1. The second kappa shape index (κ2) is 8.89. The maximum absolute atomic E-state index is 11.8. The molecular weight excluding hydrogens is 350 g/mol. The smallest absolute Gasteiger partial charge is 0.319 e. The molecular formula is C22H27N5O. The minimum Gasteiger partial charge on any atom is -0.354 e. The van der Waals surface area contributed by atoms with E-state index in [-0.39, 0.29) is 6.03 Å². The number of hydrogen-bond donors (Lipinski definition) is 2. The first-order chi connectivity index (χ1) is 13.8. The number of carbonyl (C=O) groups excluding carboxylic acids is 1. The maximum atomic E-state index is 11.8. The van der Waals surface area contributed by atoms with Gasteiger partial charge < -0.3 is 15.5 Å². The Balaban J connectivity index is 1.22. The molecule has 1 aliphatic carbocycles. The molecule has 0 radical (unpaired) electrons. The van der Waals surface area contributed by atoms with Gasteiger partial charge >= 0.3 is 6.03 Å². The number of benzene rings is 1. The van der Waals surface area contributed by atoms with Crippen LogP contribution in [0, 0.1) is 0 Å². The summed E-state index contributed by atoms with van der Waals surface area (Å²) in [5.41, 5.74) is 1.97. The van der Waals surface area contributed by atoms with E-state index in [9.17, 15) is 4.79 Å². The normalized spacial score (nSPS) is 17.6. The van der Waals surface area contributed by atoms with Crippen molar-refractivity contribution in [1.29, 1.82) is 0 Å². The molecule has 0 bridgehead atoms. The molecule has 2 aromatic rings. The van der Waals surface area contributed by atoms with Gasteiger partial charge in [0.15, 0.2) is 0 Å². The predicted octanol–water partition coefficient (Wildman–Crippen LogP) is 3.20. The minimum atomic E-state index is -0.144. The highest BCUT2D eigenvalue weighted by Gasteiger charge is 2.23. The van der Waals surface area contributed by atoms with Crippen LogP contribution in [0.2, 0.25) is 0 Å². The van der Waals surface area contributed by atoms with E-state index in [1.165, 1.54) is 5.56 Å². The van der Waals surface area contributed by atoms with E-state index in [0.717, 1.165) is 57.1 Å². The molecule has 6 heteroatoms. The zero-order chi connectivity index (χ0) is 19.2. The monoisotopic (exact) mass is 377 g/mol. The van der Waals surface area contributed by atoms with Crippen molar-refractivity contribution in [2.24, 2.45) is 0 Å². The van der Waals surface area contributed by atoms with Gasteiger partial charge in [-0.25, -0.2) is 9.78 Å². The molecule has 2 amide bonds. The van der Waals surface area contributed by atoms with Crippen LogP contribution in [0.4, 0.5) is 16.3 Å². The molecule has 28 heavy (non-hydrogen) atoms. The SMILES string of the molecule is O=C(Nc1ccc(N2CCN(C/C=C/c3ccccc3)CC2)nc1)NC1CC1. The molecule has 2 N–H and O–H groups in total. The molecule has 1 saturated carbocycles. The lowest BCUT2D eigenvalue weighted by Crippen LogP contribution is -2.46. The highest BCUT2D eigenvalue weighted by atomic mass is 16.2. The summed E-state index contributed by atoms with van der Waals surface area (Å²) in [6, 6.07) is 14.5. The van der Waals surface area contributed by atoms with Crippen molar-refractivity contribution in [2.45, 2.75) is 18.9 Å². The van der Waals surface area contributed by atoms with E-state index in [4.69, 9.17) is 0 Å². The quantitative estimate of drug-likeness (QED) is 0.812. The molecule has 0 unspecified atom stereocenters. The Labute approximate surface area is 166 Å². The van der Waals surface area contributed by atoms with E-state index < -0.39 is 0 Å². The fourth-order valence-corrected chi connectivity index (χ4v) is 3.29. The van der Waals surface area contributed by atoms with Crippen molar-refractivity contribution >= 4 is 23.6 Å². The van der Waals surface area contributed by atoms with Crippen molar-refractivity contribution in [3.63, 3.8) is 0 Å². The molecule has 2 heterocycles. The number of anilines is 2. The molecule has 146 valence electrons. The molecule has 1 aliphatic heterocycles. The van der Waals surface area contributed by atoms with E-state index in [1.807, 2.05) is 18.2 Å². The lowest BCUT2D eigenvalue weighted by atomic mass is 10.2. The minimum absolute atomic E-state index is 0.144. The Morgan fingerprint density at radius 2 is 1.86 bits per heavy atom. The lowest BCUT2D eigenvalue weighted by molar-refractivity contribution is 0.251. The number of aromatic nitrogens is 1. The van der Waals surface area contributed by atoms with Crippen LogP contribution in [0.5, 0.6) is 0 Å². The molecule has 2 fully saturated rings. The summed E-state index contributed by atoms with van der Waals surface area (Å²) in [7, 11) is 0. The van der Waals surface area contributed by atoms with Crippen molar-refractivity contribution in [3.05, 3.63) is 60.3 Å². The van der Waals surface area contributed by atoms with Crippen LogP contribution in [0.3, 0.4) is 0 Å². The van der Waals surface area contributed by atoms with Gasteiger partial charge in [0.1, 0.15) is 5.82 Å². The zero-order valence-corrected chi connectivity index (χ0v) is 16.1. The Bertz CT molecular complexity index is 793. The van der Waals surface area contributed by atoms with Gasteiger partial charge in [-0.15, -0.1) is 0 Å². The molecule has 1 saturated heterocycles. The Kier molecular flexibility index (Phi) is 5.87. The Hall–Kier alpha value is -2.86. The first-order valence-electron chi connectivity index (χ1n) is 9.99. The Morgan fingerprint density at radius 3 is 2.54 bits per heavy atom. The van der Waals surface area contributed by atoms with Gasteiger partial charge in [-0.05, 0) is 30.5 Å². The van der Waals surface area contributed by atoms with Gasteiger partial charge in [0.05, 0.1) is 11.9 Å². The van der Waals surface area contributed by atoms with Crippen LogP contribution in [0.1, 0.15) is 18.4 Å². The van der Waals surface area contributed by atoms with E-state index in [0.29, 0.717) is 6.04 Å². The molecule has 1 aromatic heterocycles. The summed E-state index contributed by atoms with van der Waals surface area (Å²) in [6.07, 6.45) is 8.31. The molecule has 1 aromatic carbocycles. The van der Waals surface area contributed by atoms with Crippen molar-refractivity contribution in [2.75, 3.05) is 42.9 Å². The van der Waals surface area contributed by atoms with Gasteiger partial charge in [0.2, 0.25) is 0 Å². The Morgan fingerprint density at radius 1 is 1.07 bits per heavy atom. The molecule has 6 nitrogen and oxygen atoms in total. The fraction of sp³-hybridized carbons (Fsp3) is 0.364. The number of amides is 2. The highest BCUT2D eigenvalue weighted by molar-refractivity contribution is 5.89. The summed E-state index contributed by atoms with van der Waals surface area (Å²) in [4.78, 5) is 21.1. The number of pyridine rings is 1. The highest BCUT2D eigenvalue weighted by Crippen LogP contribution is 2.19. The van der Waals surface area contributed by atoms with Crippen molar-refractivity contribution in [1.82, 2.24) is 15.2 Å². The second-order valence-corrected chi connectivity index (χ2v) is 7.38. The van der Waals surface area contributed by atoms with Gasteiger partial charge in [-0.3, -0.25) is 4.90 Å². The van der Waals surface area contributed by atoms with Gasteiger partial charge in [0.25, 0.3) is 0 Å². The average Bonchev–Trinajstić information content (AvgIpc) is 3.54. The first kappa shape index (κ1) is 18.5. The van der Waals surface area contributed by atoms with E-state index in [1.54, 1.807) is 6.20 Å². The van der Waals surface area contributed by atoms with Gasteiger partial charge in [0, 0.05) is 38.8 Å². The molecule has 0 spiro atoms. The topological polar surface area (TPSA) is 60.5 Å². The number of carbonyl (C=O) groups is 1. The van der Waals surface area contributed by atoms with Crippen LogP contribution >= 0.6 is 0 Å². The summed E-state index contributed by atoms with van der Waals surface area (Å²) >= 11 is 0. The van der Waals surface area contributed by atoms with Crippen LogP contribution in [-0.2, 0) is 0 Å².